The van der Waals surface area contributed by atoms with E-state index in [0.717, 1.165) is 16.8 Å². The molecule has 1 aromatic heterocycles. The average Bonchev–Trinajstić information content (AvgIpc) is 3.42. The van der Waals surface area contributed by atoms with Gasteiger partial charge in [0.15, 0.2) is 11.6 Å². The molecule has 2 heterocycles. The smallest absolute Gasteiger partial charge is 0.488 e. The lowest BCUT2D eigenvalue weighted by molar-refractivity contribution is -0.121. The number of benzene rings is 3. The molecule has 0 unspecified atom stereocenters. The second kappa shape index (κ2) is 17.3. The zero-order valence-electron chi connectivity index (χ0n) is 27.5. The molecule has 49 heavy (non-hydrogen) atoms. The Hall–Kier alpha value is -4.40. The number of rotatable bonds is 17. The summed E-state index contributed by atoms with van der Waals surface area (Å²) in [6, 6.07) is 18.8. The number of halogens is 1. The Kier molecular flexibility index (Phi) is 12.7. The predicted molar refractivity (Wildman–Crippen MR) is 186 cm³/mol. The van der Waals surface area contributed by atoms with E-state index in [1.165, 1.54) is 12.1 Å². The molecule has 0 radical (unpaired) electrons. The van der Waals surface area contributed by atoms with Gasteiger partial charge in [0.25, 0.3) is 0 Å². The van der Waals surface area contributed by atoms with Gasteiger partial charge in [-0.25, -0.2) is 0 Å². The second-order valence-corrected chi connectivity index (χ2v) is 11.8. The van der Waals surface area contributed by atoms with Crippen molar-refractivity contribution in [2.45, 2.75) is 39.2 Å². The highest BCUT2D eigenvalue weighted by Gasteiger charge is 2.30. The van der Waals surface area contributed by atoms with Gasteiger partial charge in [0, 0.05) is 41.3 Å². The molecule has 0 saturated heterocycles. The van der Waals surface area contributed by atoms with E-state index >= 15 is 0 Å². The minimum absolute atomic E-state index is 0.0307. The summed E-state index contributed by atoms with van der Waals surface area (Å²) in [7, 11) is -1.56. The van der Waals surface area contributed by atoms with Gasteiger partial charge in [0.2, 0.25) is 5.91 Å². The van der Waals surface area contributed by atoms with Crippen LogP contribution in [0, 0.1) is 6.92 Å². The normalized spacial score (nSPS) is 13.6. The summed E-state index contributed by atoms with van der Waals surface area (Å²) in [5.74, 6) is 1.73. The number of carbonyl (C=O) groups excluding carboxylic acids is 2. The molecule has 3 N–H and O–H groups in total. The molecule has 0 aliphatic carbocycles. The van der Waals surface area contributed by atoms with Crippen LogP contribution in [-0.2, 0) is 14.3 Å². The number of hydrogen-bond acceptors (Lipinski definition) is 10. The van der Waals surface area contributed by atoms with Crippen molar-refractivity contribution in [3.8, 4) is 11.4 Å². The summed E-state index contributed by atoms with van der Waals surface area (Å²) in [5, 5.41) is 30.6. The molecule has 0 saturated carbocycles. The molecule has 1 aliphatic heterocycles. The number of hydrogen-bond donors (Lipinski definition) is 3. The first-order chi connectivity index (χ1) is 23.7. The predicted octanol–water partition coefficient (Wildman–Crippen LogP) is 3.40. The molecule has 14 heteroatoms. The number of fused-ring (bicyclic) bond motifs is 3. The van der Waals surface area contributed by atoms with Gasteiger partial charge in [0.05, 0.1) is 37.6 Å². The molecule has 1 amide bonds. The largest absolute Gasteiger partial charge is 0.491 e. The maximum absolute atomic E-state index is 12.7. The maximum atomic E-state index is 12.7. The van der Waals surface area contributed by atoms with Crippen LogP contribution in [0.15, 0.2) is 71.7 Å². The number of Topliss-reactive ketones (excluding diaryl/α,β-unsaturated/α-hetero) is 1. The molecule has 0 bridgehead atoms. The summed E-state index contributed by atoms with van der Waals surface area (Å²) in [6.07, 6.45) is 1.01. The maximum Gasteiger partial charge on any atom is 0.488 e. The van der Waals surface area contributed by atoms with E-state index < -0.39 is 13.2 Å². The van der Waals surface area contributed by atoms with E-state index in [9.17, 15) is 19.6 Å². The van der Waals surface area contributed by atoms with Crippen LogP contribution in [0.2, 0.25) is 5.02 Å². The summed E-state index contributed by atoms with van der Waals surface area (Å²) in [5.41, 5.74) is 4.01. The number of ketones is 1. The molecular formula is C35H39BClN5O7. The Bertz CT molecular complexity index is 1760. The Morgan fingerprint density at radius 2 is 1.65 bits per heavy atom. The second-order valence-electron chi connectivity index (χ2n) is 11.4. The van der Waals surface area contributed by atoms with E-state index in [-0.39, 0.29) is 18.1 Å². The minimum Gasteiger partial charge on any atom is -0.491 e. The fraction of sp³-hybridized carbons (Fsp3) is 0.343. The summed E-state index contributed by atoms with van der Waals surface area (Å²) in [6.45, 7) is 6.10. The quantitative estimate of drug-likeness (QED) is 0.0860. The number of nitrogens with one attached hydrogen (secondary N) is 1. The third kappa shape index (κ3) is 9.40. The zero-order valence-corrected chi connectivity index (χ0v) is 28.2. The fourth-order valence-corrected chi connectivity index (χ4v) is 5.57. The molecule has 3 aromatic carbocycles. The molecule has 256 valence electrons. The van der Waals surface area contributed by atoms with Crippen molar-refractivity contribution in [1.82, 2.24) is 20.1 Å². The first-order valence-corrected chi connectivity index (χ1v) is 16.6. The van der Waals surface area contributed by atoms with Crippen LogP contribution in [0.25, 0.3) is 5.69 Å². The highest BCUT2D eigenvalue weighted by atomic mass is 35.5. The Morgan fingerprint density at radius 3 is 2.37 bits per heavy atom. The molecule has 0 spiro atoms. The first-order valence-electron chi connectivity index (χ1n) is 16.2. The van der Waals surface area contributed by atoms with E-state index in [2.05, 4.69) is 15.5 Å². The van der Waals surface area contributed by atoms with Crippen LogP contribution in [0.4, 0.5) is 0 Å². The summed E-state index contributed by atoms with van der Waals surface area (Å²) >= 11 is 6.21. The van der Waals surface area contributed by atoms with Gasteiger partial charge in [-0.05, 0) is 56.1 Å². The molecular weight excluding hydrogens is 649 g/mol. The number of aryl methyl sites for hydroxylation is 1. The highest BCUT2D eigenvalue weighted by Crippen LogP contribution is 2.34. The Morgan fingerprint density at radius 1 is 0.939 bits per heavy atom. The molecule has 5 rings (SSSR count). The number of nitrogens with zero attached hydrogens (tertiary/aromatic N) is 4. The molecule has 12 nitrogen and oxygen atoms in total. The van der Waals surface area contributed by atoms with Crippen LogP contribution < -0.4 is 15.5 Å². The lowest BCUT2D eigenvalue weighted by atomic mass is 9.80. The van der Waals surface area contributed by atoms with Gasteiger partial charge in [-0.15, -0.1) is 10.2 Å². The van der Waals surface area contributed by atoms with Crippen LogP contribution in [-0.4, -0.2) is 88.9 Å². The van der Waals surface area contributed by atoms with Crippen molar-refractivity contribution in [3.63, 3.8) is 0 Å². The molecule has 1 aliphatic rings. The summed E-state index contributed by atoms with van der Waals surface area (Å²) < 4.78 is 19.3. The zero-order chi connectivity index (χ0) is 34.8. The third-order valence-electron chi connectivity index (χ3n) is 7.86. The monoisotopic (exact) mass is 687 g/mol. The van der Waals surface area contributed by atoms with Crippen molar-refractivity contribution >= 4 is 41.6 Å². The van der Waals surface area contributed by atoms with E-state index in [1.807, 2.05) is 60.9 Å². The van der Waals surface area contributed by atoms with Crippen molar-refractivity contribution in [2.75, 3.05) is 39.6 Å². The number of amides is 1. The first kappa shape index (κ1) is 35.9. The molecule has 1 atom stereocenters. The fourth-order valence-electron chi connectivity index (χ4n) is 5.45. The van der Waals surface area contributed by atoms with Gasteiger partial charge in [-0.2, -0.15) is 0 Å². The van der Waals surface area contributed by atoms with Gasteiger partial charge >= 0.3 is 7.12 Å². The third-order valence-corrected chi connectivity index (χ3v) is 8.11. The lowest BCUT2D eigenvalue weighted by Crippen LogP contribution is -2.29. The van der Waals surface area contributed by atoms with Gasteiger partial charge in [-0.1, -0.05) is 48.0 Å². The topological polar surface area (TPSA) is 157 Å². The van der Waals surface area contributed by atoms with Crippen LogP contribution in [0.3, 0.4) is 0 Å². The van der Waals surface area contributed by atoms with Gasteiger partial charge in [-0.3, -0.25) is 19.1 Å². The SMILES string of the molecule is CCNC(=O)C[C@@H]1N=C(c2ccc(Cl)cc2)c2cc(OCCOCCOCCCC(=O)c3ccc(B(O)O)cc3)ccc2-n2c(C)nnc21. The van der Waals surface area contributed by atoms with E-state index in [1.54, 1.807) is 12.1 Å². The van der Waals surface area contributed by atoms with Crippen LogP contribution >= 0.6 is 11.6 Å². The summed E-state index contributed by atoms with van der Waals surface area (Å²) in [4.78, 5) is 30.1. The molecule has 0 fully saturated rings. The Balaban J connectivity index is 1.15. The van der Waals surface area contributed by atoms with Crippen LogP contribution in [0.5, 0.6) is 5.75 Å². The lowest BCUT2D eigenvalue weighted by Gasteiger charge is -2.15. The van der Waals surface area contributed by atoms with Crippen molar-refractivity contribution in [3.05, 3.63) is 100 Å². The number of aliphatic imine (C=N–C) groups is 1. The standard InChI is InChI=1S/C35H39BClN5O7/c1-3-38-33(44)22-30-35-41-40-23(2)42(35)31-15-14-28(21-29(31)34(39-30)25-8-12-27(37)13-9-25)49-20-19-48-18-17-47-16-4-5-32(43)24-6-10-26(11-7-24)36(45)46/h6-15,21,30,45-46H,3-5,16-20,22H2,1-2H3,(H,38,44)/t30-/m0/s1. The molecule has 4 aromatic rings. The Labute approximate surface area is 290 Å². The van der Waals surface area contributed by atoms with Crippen LogP contribution in [0.1, 0.15) is 65.4 Å². The number of ether oxygens (including phenoxy) is 3. The minimum atomic E-state index is -1.56. The van der Waals surface area contributed by atoms with Gasteiger partial charge in [0.1, 0.15) is 24.2 Å². The van der Waals surface area contributed by atoms with E-state index in [0.29, 0.717) is 91.6 Å². The number of aromatic nitrogens is 3. The highest BCUT2D eigenvalue weighted by molar-refractivity contribution is 6.58. The average molecular weight is 688 g/mol. The number of carbonyl (C=O) groups is 2. The van der Waals surface area contributed by atoms with Crippen molar-refractivity contribution in [1.29, 1.82) is 0 Å². The van der Waals surface area contributed by atoms with Gasteiger partial charge < -0.3 is 29.6 Å². The van der Waals surface area contributed by atoms with Crippen molar-refractivity contribution in [2.24, 2.45) is 4.99 Å². The van der Waals surface area contributed by atoms with Crippen molar-refractivity contribution < 1.29 is 33.8 Å². The van der Waals surface area contributed by atoms with E-state index in [4.69, 9.17) is 30.8 Å².